The van der Waals surface area contributed by atoms with Crippen molar-refractivity contribution in [2.45, 2.75) is 96.0 Å². The van der Waals surface area contributed by atoms with Gasteiger partial charge in [0.15, 0.2) is 23.6 Å². The number of hydrogen-bond donors (Lipinski definition) is 2. The van der Waals surface area contributed by atoms with Crippen molar-refractivity contribution in [3.05, 3.63) is 54.6 Å². The number of nitrogens with zero attached hydrogens (tertiary/aromatic N) is 4. The van der Waals surface area contributed by atoms with Gasteiger partial charge in [-0.1, -0.05) is 42.8 Å². The van der Waals surface area contributed by atoms with Crippen LogP contribution < -0.4 is 14.3 Å². The lowest BCUT2D eigenvalue weighted by molar-refractivity contribution is -0.152. The first-order valence-corrected chi connectivity index (χ1v) is 17.8. The van der Waals surface area contributed by atoms with Crippen LogP contribution in [0.3, 0.4) is 0 Å². The molecule has 2 fully saturated rings. The molecule has 1 aliphatic heterocycles. The number of alkyl halides is 1. The molecule has 0 radical (unpaired) electrons. The number of ether oxygens (including phenoxy) is 3. The number of esters is 1. The molecule has 6 rings (SSSR count). The molecule has 0 spiro atoms. The molecule has 48 heavy (non-hydrogen) atoms. The van der Waals surface area contributed by atoms with Crippen LogP contribution in [0.25, 0.3) is 21.9 Å². The Kier molecular flexibility index (Phi) is 10.0. The molecule has 1 aliphatic carbocycles. The van der Waals surface area contributed by atoms with E-state index in [-0.39, 0.29) is 23.4 Å². The average molecular weight is 686 g/mol. The molecule has 6 atom stereocenters. The molecule has 258 valence electrons. The zero-order chi connectivity index (χ0) is 34.1. The lowest BCUT2D eigenvalue weighted by Crippen LogP contribution is -2.42. The van der Waals surface area contributed by atoms with Crippen molar-refractivity contribution in [1.82, 2.24) is 24.6 Å². The van der Waals surface area contributed by atoms with Crippen molar-refractivity contribution < 1.29 is 42.1 Å². The van der Waals surface area contributed by atoms with Crippen LogP contribution in [0.2, 0.25) is 0 Å². The monoisotopic (exact) mass is 685 g/mol. The molecule has 3 heterocycles. The highest BCUT2D eigenvalue weighted by Gasteiger charge is 2.55. The Morgan fingerprint density at radius 2 is 1.94 bits per heavy atom. The summed E-state index contributed by atoms with van der Waals surface area (Å²) >= 11 is 0. The molecule has 0 bridgehead atoms. The van der Waals surface area contributed by atoms with Gasteiger partial charge in [-0.25, -0.2) is 18.9 Å². The van der Waals surface area contributed by atoms with Crippen molar-refractivity contribution in [2.75, 3.05) is 13.2 Å². The van der Waals surface area contributed by atoms with Gasteiger partial charge in [0.1, 0.15) is 35.4 Å². The summed E-state index contributed by atoms with van der Waals surface area (Å²) in [7, 11) is -4.40. The second-order valence-electron chi connectivity index (χ2n) is 12.4. The fourth-order valence-corrected chi connectivity index (χ4v) is 7.69. The molecule has 2 aliphatic rings. The number of aliphatic hydroxyl groups is 1. The van der Waals surface area contributed by atoms with Gasteiger partial charge in [-0.15, -0.1) is 0 Å². The lowest BCUT2D eigenvalue weighted by Gasteiger charge is -2.27. The predicted molar refractivity (Wildman–Crippen MR) is 174 cm³/mol. The molecule has 1 saturated heterocycles. The summed E-state index contributed by atoms with van der Waals surface area (Å²) < 4.78 is 61.0. The number of aryl methyl sites for hydroxylation is 1. The van der Waals surface area contributed by atoms with Crippen LogP contribution in [0.4, 0.5) is 4.39 Å². The summed E-state index contributed by atoms with van der Waals surface area (Å²) in [5.74, 6) is 0.264. The number of hydrogen-bond acceptors (Lipinski definition) is 11. The van der Waals surface area contributed by atoms with Crippen LogP contribution >= 0.6 is 7.75 Å². The van der Waals surface area contributed by atoms with Gasteiger partial charge >= 0.3 is 13.7 Å². The first kappa shape index (κ1) is 34.2. The lowest BCUT2D eigenvalue weighted by atomic mass is 9.98. The van der Waals surface area contributed by atoms with E-state index in [0.29, 0.717) is 23.3 Å². The summed E-state index contributed by atoms with van der Waals surface area (Å²) in [6.07, 6.45) is 1.04. The number of halogens is 1. The van der Waals surface area contributed by atoms with Gasteiger partial charge in [0, 0.05) is 5.39 Å². The van der Waals surface area contributed by atoms with E-state index in [0.717, 1.165) is 37.5 Å². The minimum atomic E-state index is -4.40. The van der Waals surface area contributed by atoms with E-state index >= 15 is 4.39 Å². The fourth-order valence-electron chi connectivity index (χ4n) is 6.16. The summed E-state index contributed by atoms with van der Waals surface area (Å²) in [6.45, 7) is 6.02. The zero-order valence-electron chi connectivity index (χ0n) is 27.4. The molecule has 2 N–H and O–H groups in total. The van der Waals surface area contributed by atoms with Gasteiger partial charge < -0.3 is 23.8 Å². The highest BCUT2D eigenvalue weighted by Crippen LogP contribution is 2.49. The first-order valence-electron chi connectivity index (χ1n) is 16.2. The Labute approximate surface area is 277 Å². The Morgan fingerprint density at radius 1 is 1.19 bits per heavy atom. The first-order chi connectivity index (χ1) is 23.0. The van der Waals surface area contributed by atoms with Crippen molar-refractivity contribution in [2.24, 2.45) is 0 Å². The Balaban J connectivity index is 1.24. The molecule has 2 aromatic carbocycles. The second kappa shape index (κ2) is 14.0. The minimum Gasteiger partial charge on any atom is -0.476 e. The molecule has 13 nitrogen and oxygen atoms in total. The molecule has 1 saturated carbocycles. The van der Waals surface area contributed by atoms with Gasteiger partial charge in [-0.2, -0.15) is 10.1 Å². The summed E-state index contributed by atoms with van der Waals surface area (Å²) in [5, 5.41) is 15.5. The zero-order valence-corrected chi connectivity index (χ0v) is 28.3. The molecule has 4 aromatic rings. The predicted octanol–water partition coefficient (Wildman–Crippen LogP) is 5.73. The fraction of sp³-hybridized carbons (Fsp3) is 0.515. The Hall–Kier alpha value is -3.68. The number of nitrogens with one attached hydrogen (secondary N) is 1. The van der Waals surface area contributed by atoms with E-state index in [4.69, 9.17) is 23.3 Å². The quantitative estimate of drug-likeness (QED) is 0.138. The molecule has 15 heteroatoms. The van der Waals surface area contributed by atoms with Gasteiger partial charge in [0.05, 0.1) is 19.5 Å². The van der Waals surface area contributed by atoms with E-state index in [9.17, 15) is 14.5 Å². The van der Waals surface area contributed by atoms with Crippen molar-refractivity contribution in [3.8, 4) is 11.6 Å². The molecular weight excluding hydrogens is 644 g/mol. The maximum atomic E-state index is 16.0. The smallest absolute Gasteiger partial charge is 0.459 e. The number of carbonyl (C=O) groups is 1. The maximum absolute atomic E-state index is 16.0. The van der Waals surface area contributed by atoms with Gasteiger partial charge in [-0.3, -0.25) is 13.9 Å². The molecule has 1 unspecified atom stereocenters. The van der Waals surface area contributed by atoms with Crippen LogP contribution in [0.15, 0.2) is 48.8 Å². The highest BCUT2D eigenvalue weighted by atomic mass is 31.2. The van der Waals surface area contributed by atoms with Crippen molar-refractivity contribution >= 4 is 35.7 Å². The standard InChI is InChI=1S/C33H41FN5O8P/c1-5-43-30-27-29(36-21(3)37-30)39(19-35-27)32-33(4,41)28(34)26(46-32)18-44-48(42,38-20(2)31(40)45-23-14-7-6-8-15-23)47-25-17-11-13-22-12-9-10-16-24(22)25/h9-13,16-17,19-20,23,26,28,32,41H,5-8,14-15,18H2,1-4H3,(H,38,42)/t20-,26+,28+,32+,33+,48?/m0/s1. The van der Waals surface area contributed by atoms with E-state index in [1.807, 2.05) is 24.3 Å². The van der Waals surface area contributed by atoms with Gasteiger partial charge in [-0.05, 0) is 64.8 Å². The summed E-state index contributed by atoms with van der Waals surface area (Å²) in [5.41, 5.74) is -1.47. The third kappa shape index (κ3) is 7.04. The average Bonchev–Trinajstić information content (AvgIpc) is 3.57. The van der Waals surface area contributed by atoms with Gasteiger partial charge in [0.25, 0.3) is 0 Å². The van der Waals surface area contributed by atoms with Crippen LogP contribution in [0.1, 0.15) is 64.9 Å². The van der Waals surface area contributed by atoms with E-state index in [1.165, 1.54) is 24.7 Å². The maximum Gasteiger partial charge on any atom is 0.459 e. The van der Waals surface area contributed by atoms with Crippen LogP contribution in [0.5, 0.6) is 11.6 Å². The number of rotatable bonds is 12. The van der Waals surface area contributed by atoms with E-state index in [2.05, 4.69) is 20.0 Å². The van der Waals surface area contributed by atoms with Crippen molar-refractivity contribution in [1.29, 1.82) is 0 Å². The third-order valence-corrected chi connectivity index (χ3v) is 10.3. The number of aromatic nitrogens is 4. The molecule has 2 aromatic heterocycles. The SMILES string of the molecule is CCOc1nc(C)nc2c1ncn2[C@@H]1O[C@H](COP(=O)(N[C@@H](C)C(=O)OC2CCCCC2)Oc2cccc3ccccc23)[C@@H](F)[C@@]1(C)O. The topological polar surface area (TPSA) is 156 Å². The van der Waals surface area contributed by atoms with Crippen LogP contribution in [-0.2, 0) is 23.4 Å². The minimum absolute atomic E-state index is 0.217. The number of imidazole rings is 1. The van der Waals surface area contributed by atoms with E-state index < -0.39 is 50.5 Å². The largest absolute Gasteiger partial charge is 0.476 e. The third-order valence-electron chi connectivity index (χ3n) is 8.64. The normalized spacial score (nSPS) is 25.2. The Morgan fingerprint density at radius 3 is 2.71 bits per heavy atom. The van der Waals surface area contributed by atoms with Gasteiger partial charge in [0.2, 0.25) is 5.88 Å². The van der Waals surface area contributed by atoms with Crippen LogP contribution in [0, 0.1) is 6.92 Å². The van der Waals surface area contributed by atoms with Crippen LogP contribution in [-0.4, -0.2) is 73.8 Å². The molecular formula is C33H41FN5O8P. The summed E-state index contributed by atoms with van der Waals surface area (Å²) in [6, 6.07) is 11.5. The highest BCUT2D eigenvalue weighted by molar-refractivity contribution is 7.52. The Bertz CT molecular complexity index is 1810. The molecule has 0 amide bonds. The van der Waals surface area contributed by atoms with Crippen molar-refractivity contribution in [3.63, 3.8) is 0 Å². The number of carbonyl (C=O) groups excluding carboxylic acids is 1. The van der Waals surface area contributed by atoms with E-state index in [1.54, 1.807) is 32.0 Å². The number of fused-ring (bicyclic) bond motifs is 2. The number of benzene rings is 2. The second-order valence-corrected chi connectivity index (χ2v) is 14.1. The summed E-state index contributed by atoms with van der Waals surface area (Å²) in [4.78, 5) is 26.1.